The van der Waals surface area contributed by atoms with Crippen LogP contribution in [0.15, 0.2) is 35.4 Å². The number of rotatable bonds is 4. The third-order valence-electron chi connectivity index (χ3n) is 1.86. The minimum Gasteiger partial charge on any atom is -0.497 e. The van der Waals surface area contributed by atoms with E-state index in [1.807, 2.05) is 19.1 Å². The molecule has 0 amide bonds. The lowest BCUT2D eigenvalue weighted by atomic mass is 10.2. The predicted molar refractivity (Wildman–Crippen MR) is 62.2 cm³/mol. The molecule has 1 aromatic carbocycles. The van der Waals surface area contributed by atoms with Gasteiger partial charge in [-0.25, -0.2) is 0 Å². The van der Waals surface area contributed by atoms with Gasteiger partial charge in [-0.3, -0.25) is 0 Å². The molecule has 2 N–H and O–H groups in total. The van der Waals surface area contributed by atoms with Gasteiger partial charge in [-0.2, -0.15) is 0 Å². The maximum Gasteiger partial charge on any atom is 0.118 e. The fraction of sp³-hybridized carbons (Fsp3) is 0.273. The Kier molecular flexibility index (Phi) is 4.40. The standard InChI is InChI=1S/C11H15NOS/c1-9(7-12)14-8-10-3-5-11(13-2)6-4-10/h3-7H,8,12H2,1-2H3/b9-7+. The molecule has 0 spiro atoms. The van der Waals surface area contributed by atoms with Gasteiger partial charge < -0.3 is 10.5 Å². The second-order valence-electron chi connectivity index (χ2n) is 2.91. The Balaban J connectivity index is 2.52. The van der Waals surface area contributed by atoms with Crippen LogP contribution in [0.1, 0.15) is 12.5 Å². The number of methoxy groups -OCH3 is 1. The van der Waals surface area contributed by atoms with Gasteiger partial charge in [-0.1, -0.05) is 12.1 Å². The van der Waals surface area contributed by atoms with Crippen LogP contribution in [0.4, 0.5) is 0 Å². The molecule has 0 fully saturated rings. The van der Waals surface area contributed by atoms with Gasteiger partial charge in [0.1, 0.15) is 5.75 Å². The average molecular weight is 209 g/mol. The highest BCUT2D eigenvalue weighted by atomic mass is 32.2. The van der Waals surface area contributed by atoms with E-state index >= 15 is 0 Å². The van der Waals surface area contributed by atoms with Crippen molar-refractivity contribution in [3.63, 3.8) is 0 Å². The Bertz CT molecular complexity index is 306. The van der Waals surface area contributed by atoms with Crippen LogP contribution in [0.2, 0.25) is 0 Å². The first-order chi connectivity index (χ1) is 6.76. The Morgan fingerprint density at radius 1 is 1.43 bits per heavy atom. The quantitative estimate of drug-likeness (QED) is 0.828. The molecule has 0 heterocycles. The SMILES string of the molecule is COc1ccc(CS/C(C)=C/N)cc1. The lowest BCUT2D eigenvalue weighted by molar-refractivity contribution is 0.414. The van der Waals surface area contributed by atoms with Crippen LogP contribution in [-0.4, -0.2) is 7.11 Å². The first-order valence-corrected chi connectivity index (χ1v) is 5.39. The van der Waals surface area contributed by atoms with Crippen LogP contribution < -0.4 is 10.5 Å². The molecule has 1 aromatic rings. The molecule has 0 aromatic heterocycles. The zero-order chi connectivity index (χ0) is 10.4. The van der Waals surface area contributed by atoms with Crippen LogP contribution in [-0.2, 0) is 5.75 Å². The van der Waals surface area contributed by atoms with Crippen molar-refractivity contribution in [2.45, 2.75) is 12.7 Å². The second-order valence-corrected chi connectivity index (χ2v) is 4.14. The summed E-state index contributed by atoms with van der Waals surface area (Å²) in [6, 6.07) is 8.07. The van der Waals surface area contributed by atoms with Gasteiger partial charge in [0, 0.05) is 12.0 Å². The highest BCUT2D eigenvalue weighted by molar-refractivity contribution is 8.02. The number of hydrogen-bond donors (Lipinski definition) is 1. The first kappa shape index (κ1) is 11.0. The molecule has 3 heteroatoms. The van der Waals surface area contributed by atoms with E-state index in [9.17, 15) is 0 Å². The van der Waals surface area contributed by atoms with Gasteiger partial charge in [0.05, 0.1) is 7.11 Å². The van der Waals surface area contributed by atoms with Gasteiger partial charge >= 0.3 is 0 Å². The summed E-state index contributed by atoms with van der Waals surface area (Å²) in [5.74, 6) is 1.84. The smallest absolute Gasteiger partial charge is 0.118 e. The van der Waals surface area contributed by atoms with Gasteiger partial charge in [-0.15, -0.1) is 11.8 Å². The van der Waals surface area contributed by atoms with Crippen molar-refractivity contribution in [2.75, 3.05) is 7.11 Å². The minimum atomic E-state index is 0.893. The highest BCUT2D eigenvalue weighted by Crippen LogP contribution is 2.21. The third kappa shape index (κ3) is 3.34. The molecule has 0 bridgehead atoms. The zero-order valence-electron chi connectivity index (χ0n) is 8.49. The fourth-order valence-corrected chi connectivity index (χ4v) is 1.65. The molecule has 0 aliphatic heterocycles. The van der Waals surface area contributed by atoms with Crippen molar-refractivity contribution in [3.8, 4) is 5.75 Å². The van der Waals surface area contributed by atoms with E-state index in [0.717, 1.165) is 16.4 Å². The number of thioether (sulfide) groups is 1. The molecular formula is C11H15NOS. The summed E-state index contributed by atoms with van der Waals surface area (Å²) < 4.78 is 5.08. The molecule has 0 atom stereocenters. The zero-order valence-corrected chi connectivity index (χ0v) is 9.30. The molecule has 14 heavy (non-hydrogen) atoms. The molecule has 76 valence electrons. The molecule has 1 rings (SSSR count). The van der Waals surface area contributed by atoms with Crippen molar-refractivity contribution in [2.24, 2.45) is 5.73 Å². The highest BCUT2D eigenvalue weighted by Gasteiger charge is 1.95. The summed E-state index contributed by atoms with van der Waals surface area (Å²) in [5.41, 5.74) is 6.65. The van der Waals surface area contributed by atoms with Gasteiger partial charge in [-0.05, 0) is 29.5 Å². The molecule has 0 aliphatic rings. The largest absolute Gasteiger partial charge is 0.497 e. The maximum atomic E-state index is 5.38. The summed E-state index contributed by atoms with van der Waals surface area (Å²) in [6.45, 7) is 2.01. The topological polar surface area (TPSA) is 35.2 Å². The Labute approximate surface area is 89.1 Å². The second kappa shape index (κ2) is 5.60. The van der Waals surface area contributed by atoms with E-state index in [0.29, 0.717) is 0 Å². The number of nitrogens with two attached hydrogens (primary N) is 1. The van der Waals surface area contributed by atoms with E-state index in [4.69, 9.17) is 10.5 Å². The van der Waals surface area contributed by atoms with E-state index in [2.05, 4.69) is 12.1 Å². The van der Waals surface area contributed by atoms with Crippen molar-refractivity contribution < 1.29 is 4.74 Å². The van der Waals surface area contributed by atoms with E-state index in [1.54, 1.807) is 25.1 Å². The predicted octanol–water partition coefficient (Wildman–Crippen LogP) is 2.75. The fourth-order valence-electron chi connectivity index (χ4n) is 0.967. The number of allylic oxidation sites excluding steroid dienone is 1. The average Bonchev–Trinajstić information content (AvgIpc) is 2.26. The maximum absolute atomic E-state index is 5.38. The molecule has 0 saturated heterocycles. The van der Waals surface area contributed by atoms with Gasteiger partial charge in [0.2, 0.25) is 0 Å². The monoisotopic (exact) mass is 209 g/mol. The molecular weight excluding hydrogens is 194 g/mol. The van der Waals surface area contributed by atoms with E-state index in [1.165, 1.54) is 5.56 Å². The van der Waals surface area contributed by atoms with Crippen molar-refractivity contribution in [1.29, 1.82) is 0 Å². The van der Waals surface area contributed by atoms with Crippen LogP contribution in [0, 0.1) is 0 Å². The van der Waals surface area contributed by atoms with Crippen LogP contribution in [0.3, 0.4) is 0 Å². The summed E-state index contributed by atoms with van der Waals surface area (Å²) in [7, 11) is 1.67. The minimum absolute atomic E-state index is 0.893. The van der Waals surface area contributed by atoms with Crippen molar-refractivity contribution >= 4 is 11.8 Å². The summed E-state index contributed by atoms with van der Waals surface area (Å²) in [6.07, 6.45) is 1.63. The summed E-state index contributed by atoms with van der Waals surface area (Å²) >= 11 is 1.74. The number of benzene rings is 1. The summed E-state index contributed by atoms with van der Waals surface area (Å²) in [5, 5.41) is 0. The van der Waals surface area contributed by atoms with Gasteiger partial charge in [0.15, 0.2) is 0 Å². The number of ether oxygens (including phenoxy) is 1. The third-order valence-corrected chi connectivity index (χ3v) is 2.93. The molecule has 2 nitrogen and oxygen atoms in total. The van der Waals surface area contributed by atoms with Crippen LogP contribution in [0.25, 0.3) is 0 Å². The first-order valence-electron chi connectivity index (χ1n) is 4.40. The van der Waals surface area contributed by atoms with Crippen LogP contribution in [0.5, 0.6) is 5.75 Å². The van der Waals surface area contributed by atoms with E-state index < -0.39 is 0 Å². The van der Waals surface area contributed by atoms with Crippen LogP contribution >= 0.6 is 11.8 Å². The van der Waals surface area contributed by atoms with E-state index in [-0.39, 0.29) is 0 Å². The Morgan fingerprint density at radius 3 is 2.57 bits per heavy atom. The van der Waals surface area contributed by atoms with Gasteiger partial charge in [0.25, 0.3) is 0 Å². The van der Waals surface area contributed by atoms with Crippen molar-refractivity contribution in [1.82, 2.24) is 0 Å². The Hall–Kier alpha value is -1.09. The van der Waals surface area contributed by atoms with Crippen molar-refractivity contribution in [3.05, 3.63) is 40.9 Å². The summed E-state index contributed by atoms with van der Waals surface area (Å²) in [4.78, 5) is 1.14. The molecule has 0 unspecified atom stereocenters. The molecule has 0 radical (unpaired) electrons. The lowest BCUT2D eigenvalue weighted by Gasteiger charge is -2.03. The molecule has 0 saturated carbocycles. The number of hydrogen-bond acceptors (Lipinski definition) is 3. The normalized spacial score (nSPS) is 11.4. The Morgan fingerprint density at radius 2 is 2.07 bits per heavy atom. The molecule has 0 aliphatic carbocycles. The lowest BCUT2D eigenvalue weighted by Crippen LogP contribution is -1.85.